The number of rotatable bonds is 4. The number of likely N-dealkylation sites (N-methyl/N-ethyl adjacent to an activating group) is 2. The third kappa shape index (κ3) is 3.32. The van der Waals surface area contributed by atoms with Crippen LogP contribution in [0.5, 0.6) is 0 Å². The largest absolute Gasteiger partial charge is 0.343 e. The number of nitrogens with one attached hydrogen (secondary N) is 1. The summed E-state index contributed by atoms with van der Waals surface area (Å²) >= 11 is 0. The van der Waals surface area contributed by atoms with Gasteiger partial charge >= 0.3 is 0 Å². The zero-order chi connectivity index (χ0) is 9.84. The van der Waals surface area contributed by atoms with Crippen LogP contribution in [0.3, 0.4) is 0 Å². The molecule has 0 aromatic rings. The van der Waals surface area contributed by atoms with Crippen molar-refractivity contribution in [2.45, 2.75) is 12.5 Å². The molecule has 76 valence electrons. The Morgan fingerprint density at radius 3 is 2.46 bits per heavy atom. The Morgan fingerprint density at radius 2 is 2.08 bits per heavy atom. The first kappa shape index (κ1) is 10.5. The summed E-state index contributed by atoms with van der Waals surface area (Å²) in [6, 6.07) is 0.524. The lowest BCUT2D eigenvalue weighted by molar-refractivity contribution is -0.131. The van der Waals surface area contributed by atoms with Gasteiger partial charge in [0.05, 0.1) is 6.54 Å². The molecule has 1 atom stereocenters. The van der Waals surface area contributed by atoms with Crippen molar-refractivity contribution in [3.63, 3.8) is 0 Å². The molecule has 0 radical (unpaired) electrons. The highest BCUT2D eigenvalue weighted by Crippen LogP contribution is 2.03. The van der Waals surface area contributed by atoms with Crippen molar-refractivity contribution >= 4 is 5.91 Å². The number of hydrogen-bond acceptors (Lipinski definition) is 3. The van der Waals surface area contributed by atoms with Crippen molar-refractivity contribution in [2.24, 2.45) is 0 Å². The average Bonchev–Trinajstić information content (AvgIpc) is 1.94. The third-order valence-corrected chi connectivity index (χ3v) is 2.30. The molecule has 13 heavy (non-hydrogen) atoms. The van der Waals surface area contributed by atoms with Gasteiger partial charge < -0.3 is 15.1 Å². The highest BCUT2D eigenvalue weighted by atomic mass is 16.2. The fourth-order valence-electron chi connectivity index (χ4n) is 1.33. The van der Waals surface area contributed by atoms with E-state index in [4.69, 9.17) is 0 Å². The minimum atomic E-state index is 0.193. The summed E-state index contributed by atoms with van der Waals surface area (Å²) in [5, 5.41) is 3.28. The molecule has 1 N–H and O–H groups in total. The van der Waals surface area contributed by atoms with Crippen LogP contribution < -0.4 is 5.32 Å². The van der Waals surface area contributed by atoms with Gasteiger partial charge in [-0.3, -0.25) is 4.79 Å². The van der Waals surface area contributed by atoms with Gasteiger partial charge in [0.2, 0.25) is 5.91 Å². The molecule has 1 aliphatic heterocycles. The second-order valence-corrected chi connectivity index (χ2v) is 3.95. The molecule has 1 fully saturated rings. The molecule has 1 amide bonds. The second-order valence-electron chi connectivity index (χ2n) is 3.95. The minimum absolute atomic E-state index is 0.193. The highest BCUT2D eigenvalue weighted by molar-refractivity contribution is 5.77. The minimum Gasteiger partial charge on any atom is -0.343 e. The molecule has 1 saturated heterocycles. The van der Waals surface area contributed by atoms with E-state index in [1.165, 1.54) is 6.42 Å². The molecule has 4 heteroatoms. The van der Waals surface area contributed by atoms with Crippen molar-refractivity contribution in [1.82, 2.24) is 15.1 Å². The van der Waals surface area contributed by atoms with E-state index in [0.29, 0.717) is 12.6 Å². The van der Waals surface area contributed by atoms with Crippen LogP contribution in [0.15, 0.2) is 0 Å². The number of nitrogens with zero attached hydrogens (tertiary/aromatic N) is 2. The Balaban J connectivity index is 2.20. The Labute approximate surface area is 79.9 Å². The van der Waals surface area contributed by atoms with Crippen LogP contribution in [0.25, 0.3) is 0 Å². The summed E-state index contributed by atoms with van der Waals surface area (Å²) in [7, 11) is 5.69. The molecule has 0 bridgehead atoms. The van der Waals surface area contributed by atoms with E-state index < -0.39 is 0 Å². The van der Waals surface area contributed by atoms with E-state index in [1.807, 2.05) is 26.0 Å². The first-order valence-corrected chi connectivity index (χ1v) is 4.71. The lowest BCUT2D eigenvalue weighted by Gasteiger charge is -2.32. The monoisotopic (exact) mass is 185 g/mol. The van der Waals surface area contributed by atoms with Gasteiger partial charge in [-0.25, -0.2) is 0 Å². The summed E-state index contributed by atoms with van der Waals surface area (Å²) in [5.74, 6) is 0.193. The van der Waals surface area contributed by atoms with E-state index in [2.05, 4.69) is 5.32 Å². The second kappa shape index (κ2) is 4.58. The molecule has 0 saturated carbocycles. The Kier molecular flexibility index (Phi) is 3.69. The van der Waals surface area contributed by atoms with E-state index in [0.717, 1.165) is 13.1 Å². The first-order chi connectivity index (χ1) is 6.09. The average molecular weight is 185 g/mol. The lowest BCUT2D eigenvalue weighted by atomic mass is 10.1. The maximum atomic E-state index is 11.5. The topological polar surface area (TPSA) is 35.6 Å². The van der Waals surface area contributed by atoms with Gasteiger partial charge in [-0.1, -0.05) is 0 Å². The fraction of sp³-hybridized carbons (Fsp3) is 0.889. The Bertz CT molecular complexity index is 178. The molecule has 1 rings (SSSR count). The molecule has 1 unspecified atom stereocenters. The van der Waals surface area contributed by atoms with Gasteiger partial charge in [-0.15, -0.1) is 0 Å². The summed E-state index contributed by atoms with van der Waals surface area (Å²) in [6.07, 6.45) is 1.19. The Hall–Kier alpha value is -0.610. The summed E-state index contributed by atoms with van der Waals surface area (Å²) in [4.78, 5) is 15.2. The van der Waals surface area contributed by atoms with Crippen LogP contribution in [0.4, 0.5) is 0 Å². The normalized spacial score (nSPS) is 21.4. The number of carbonyl (C=O) groups excluding carboxylic acids is 1. The van der Waals surface area contributed by atoms with E-state index in [-0.39, 0.29) is 5.91 Å². The van der Waals surface area contributed by atoms with Crippen LogP contribution in [-0.2, 0) is 4.79 Å². The number of hydrogen-bond donors (Lipinski definition) is 1. The number of amides is 1. The third-order valence-electron chi connectivity index (χ3n) is 2.30. The molecule has 4 nitrogen and oxygen atoms in total. The van der Waals surface area contributed by atoms with Gasteiger partial charge in [-0.05, 0) is 27.1 Å². The van der Waals surface area contributed by atoms with E-state index >= 15 is 0 Å². The standard InChI is InChI=1S/C9H19N3O/c1-11(2)7-9(13)12(3)6-8-4-5-10-8/h8,10H,4-7H2,1-3H3. The van der Waals surface area contributed by atoms with E-state index in [9.17, 15) is 4.79 Å². The van der Waals surface area contributed by atoms with Crippen molar-refractivity contribution in [3.8, 4) is 0 Å². The summed E-state index contributed by atoms with van der Waals surface area (Å²) in [6.45, 7) is 2.44. The van der Waals surface area contributed by atoms with Crippen molar-refractivity contribution < 1.29 is 4.79 Å². The molecule has 1 aliphatic rings. The van der Waals surface area contributed by atoms with Crippen LogP contribution in [0, 0.1) is 0 Å². The zero-order valence-corrected chi connectivity index (χ0v) is 8.71. The molecule has 0 aromatic heterocycles. The van der Waals surface area contributed by atoms with Gasteiger partial charge in [0.15, 0.2) is 0 Å². The predicted octanol–water partition coefficient (Wildman–Crippen LogP) is -0.632. The molecular weight excluding hydrogens is 166 g/mol. The number of carbonyl (C=O) groups is 1. The fourth-order valence-corrected chi connectivity index (χ4v) is 1.33. The van der Waals surface area contributed by atoms with Gasteiger partial charge in [0.1, 0.15) is 0 Å². The summed E-state index contributed by atoms with van der Waals surface area (Å²) in [5.41, 5.74) is 0. The zero-order valence-electron chi connectivity index (χ0n) is 8.71. The molecule has 0 spiro atoms. The van der Waals surface area contributed by atoms with Crippen LogP contribution >= 0.6 is 0 Å². The van der Waals surface area contributed by atoms with Gasteiger partial charge in [-0.2, -0.15) is 0 Å². The SMILES string of the molecule is CN(C)CC(=O)N(C)CC1CCN1. The lowest BCUT2D eigenvalue weighted by Crippen LogP contribution is -2.51. The first-order valence-electron chi connectivity index (χ1n) is 4.71. The molecule has 1 heterocycles. The smallest absolute Gasteiger partial charge is 0.236 e. The van der Waals surface area contributed by atoms with E-state index in [1.54, 1.807) is 4.90 Å². The van der Waals surface area contributed by atoms with Crippen molar-refractivity contribution in [2.75, 3.05) is 40.8 Å². The van der Waals surface area contributed by atoms with Crippen LogP contribution in [0.2, 0.25) is 0 Å². The highest BCUT2D eigenvalue weighted by Gasteiger charge is 2.20. The maximum absolute atomic E-state index is 11.5. The van der Waals surface area contributed by atoms with Crippen LogP contribution in [-0.4, -0.2) is 62.5 Å². The predicted molar refractivity (Wildman–Crippen MR) is 52.6 cm³/mol. The van der Waals surface area contributed by atoms with Gasteiger partial charge in [0, 0.05) is 19.6 Å². The maximum Gasteiger partial charge on any atom is 0.236 e. The van der Waals surface area contributed by atoms with Crippen molar-refractivity contribution in [3.05, 3.63) is 0 Å². The van der Waals surface area contributed by atoms with Gasteiger partial charge in [0.25, 0.3) is 0 Å². The Morgan fingerprint density at radius 1 is 1.46 bits per heavy atom. The summed E-state index contributed by atoms with van der Waals surface area (Å²) < 4.78 is 0. The van der Waals surface area contributed by atoms with Crippen LogP contribution in [0.1, 0.15) is 6.42 Å². The molecule has 0 aromatic carbocycles. The quantitative estimate of drug-likeness (QED) is 0.633. The molecular formula is C9H19N3O. The molecule has 0 aliphatic carbocycles. The van der Waals surface area contributed by atoms with Crippen molar-refractivity contribution in [1.29, 1.82) is 0 Å².